The molecule has 0 heterocycles. The van der Waals surface area contributed by atoms with Crippen LogP contribution in [0.5, 0.6) is 0 Å². The van der Waals surface area contributed by atoms with Gasteiger partial charge in [-0.25, -0.2) is 0 Å². The fraction of sp³-hybridized carbons (Fsp3) is 0.296. The van der Waals surface area contributed by atoms with E-state index in [1.54, 1.807) is 12.2 Å². The second-order valence-electron chi connectivity index (χ2n) is 7.73. The number of rotatable bonds is 11. The van der Waals surface area contributed by atoms with E-state index in [0.29, 0.717) is 0 Å². The highest BCUT2D eigenvalue weighted by molar-refractivity contribution is 6.01. The molecule has 0 aliphatic heterocycles. The molecule has 2 rings (SSSR count). The maximum Gasteiger partial charge on any atom is 0.324 e. The quantitative estimate of drug-likeness (QED) is 0.205. The summed E-state index contributed by atoms with van der Waals surface area (Å²) in [6.45, 7) is 11.4. The molecular formula is C27H30O4. The third kappa shape index (κ3) is 6.07. The molecule has 162 valence electrons. The predicted octanol–water partition coefficient (Wildman–Crippen LogP) is 5.65. The van der Waals surface area contributed by atoms with E-state index in [-0.39, 0.29) is 25.6 Å². The Balaban J connectivity index is 2.38. The fourth-order valence-corrected chi connectivity index (χ4v) is 3.62. The molecule has 0 aromatic heterocycles. The van der Waals surface area contributed by atoms with Gasteiger partial charge < -0.3 is 9.47 Å². The van der Waals surface area contributed by atoms with Crippen molar-refractivity contribution in [3.8, 4) is 0 Å². The molecule has 1 atom stereocenters. The van der Waals surface area contributed by atoms with Gasteiger partial charge in [-0.3, -0.25) is 9.59 Å². The molecule has 0 saturated heterocycles. The SMILES string of the molecule is C=C=CC(C(C)C)C(CC=C)(C(=O)OCc1ccccc1)C(=O)OCc1ccccc1. The molecule has 0 aliphatic rings. The topological polar surface area (TPSA) is 52.6 Å². The zero-order valence-corrected chi connectivity index (χ0v) is 18.3. The summed E-state index contributed by atoms with van der Waals surface area (Å²) in [4.78, 5) is 26.9. The molecule has 0 N–H and O–H groups in total. The molecule has 2 aromatic carbocycles. The smallest absolute Gasteiger partial charge is 0.324 e. The van der Waals surface area contributed by atoms with Gasteiger partial charge in [0.2, 0.25) is 0 Å². The molecule has 0 amide bonds. The van der Waals surface area contributed by atoms with Gasteiger partial charge >= 0.3 is 11.9 Å². The first kappa shape index (κ1) is 23.9. The Morgan fingerprint density at radius 2 is 1.39 bits per heavy atom. The highest BCUT2D eigenvalue weighted by Crippen LogP contribution is 2.41. The lowest BCUT2D eigenvalue weighted by Crippen LogP contribution is -2.48. The van der Waals surface area contributed by atoms with Crippen LogP contribution in [0.1, 0.15) is 31.4 Å². The highest BCUT2D eigenvalue weighted by atomic mass is 16.6. The molecule has 0 saturated carbocycles. The van der Waals surface area contributed by atoms with Crippen LogP contribution >= 0.6 is 0 Å². The Morgan fingerprint density at radius 3 is 1.74 bits per heavy atom. The lowest BCUT2D eigenvalue weighted by atomic mass is 9.67. The van der Waals surface area contributed by atoms with E-state index in [1.165, 1.54) is 0 Å². The van der Waals surface area contributed by atoms with Gasteiger partial charge in [0.25, 0.3) is 0 Å². The molecule has 0 spiro atoms. The molecule has 4 nitrogen and oxygen atoms in total. The average molecular weight is 419 g/mol. The summed E-state index contributed by atoms with van der Waals surface area (Å²) in [5, 5.41) is 0. The van der Waals surface area contributed by atoms with Crippen molar-refractivity contribution in [2.45, 2.75) is 33.5 Å². The average Bonchev–Trinajstić information content (AvgIpc) is 2.79. The zero-order valence-electron chi connectivity index (χ0n) is 18.3. The van der Waals surface area contributed by atoms with Crippen molar-refractivity contribution >= 4 is 11.9 Å². The number of hydrogen-bond donors (Lipinski definition) is 0. The van der Waals surface area contributed by atoms with Crippen LogP contribution in [-0.4, -0.2) is 11.9 Å². The van der Waals surface area contributed by atoms with E-state index in [2.05, 4.69) is 18.9 Å². The Bertz CT molecular complexity index is 853. The number of benzene rings is 2. The second kappa shape index (κ2) is 11.7. The molecular weight excluding hydrogens is 388 g/mol. The first-order valence-electron chi connectivity index (χ1n) is 10.3. The first-order valence-corrected chi connectivity index (χ1v) is 10.3. The van der Waals surface area contributed by atoms with Gasteiger partial charge in [-0.05, 0) is 29.5 Å². The molecule has 0 radical (unpaired) electrons. The number of allylic oxidation sites excluding steroid dienone is 2. The summed E-state index contributed by atoms with van der Waals surface area (Å²) >= 11 is 0. The van der Waals surface area contributed by atoms with Crippen molar-refractivity contribution in [2.24, 2.45) is 17.3 Å². The summed E-state index contributed by atoms with van der Waals surface area (Å²) in [6.07, 6.45) is 3.29. The molecule has 0 bridgehead atoms. The first-order chi connectivity index (χ1) is 15.0. The van der Waals surface area contributed by atoms with Crippen LogP contribution in [0.25, 0.3) is 0 Å². The Kier molecular flexibility index (Phi) is 9.05. The number of esters is 2. The molecule has 0 aliphatic carbocycles. The van der Waals surface area contributed by atoms with Crippen LogP contribution in [0.4, 0.5) is 0 Å². The molecule has 1 unspecified atom stereocenters. The molecule has 0 fully saturated rings. The van der Waals surface area contributed by atoms with Crippen LogP contribution in [0.3, 0.4) is 0 Å². The Labute approximate surface area is 184 Å². The van der Waals surface area contributed by atoms with Gasteiger partial charge in [-0.2, -0.15) is 0 Å². The van der Waals surface area contributed by atoms with Crippen LogP contribution in [0.15, 0.2) is 91.7 Å². The minimum Gasteiger partial charge on any atom is -0.460 e. The van der Waals surface area contributed by atoms with Gasteiger partial charge in [-0.1, -0.05) is 87.2 Å². The highest BCUT2D eigenvalue weighted by Gasteiger charge is 2.54. The standard InChI is InChI=1S/C27H30O4/c1-5-13-24(21(3)4)27(18-6-2,25(28)30-19-22-14-9-7-10-15-22)26(29)31-20-23-16-11-8-12-17-23/h6-17,21,24H,1-2,18-20H2,3-4H3. The third-order valence-electron chi connectivity index (χ3n) is 5.21. The van der Waals surface area contributed by atoms with Gasteiger partial charge in [-0.15, -0.1) is 12.3 Å². The van der Waals surface area contributed by atoms with Crippen molar-refractivity contribution in [3.63, 3.8) is 0 Å². The lowest BCUT2D eigenvalue weighted by molar-refractivity contribution is -0.179. The summed E-state index contributed by atoms with van der Waals surface area (Å²) in [7, 11) is 0. The molecule has 4 heteroatoms. The lowest BCUT2D eigenvalue weighted by Gasteiger charge is -2.36. The van der Waals surface area contributed by atoms with Crippen LogP contribution in [-0.2, 0) is 32.3 Å². The van der Waals surface area contributed by atoms with Gasteiger partial charge in [0.05, 0.1) is 0 Å². The number of carbonyl (C=O) groups is 2. The maximum atomic E-state index is 13.5. The van der Waals surface area contributed by atoms with Crippen LogP contribution < -0.4 is 0 Å². The van der Waals surface area contributed by atoms with Crippen molar-refractivity contribution in [3.05, 3.63) is 103 Å². The summed E-state index contributed by atoms with van der Waals surface area (Å²) in [6, 6.07) is 18.7. The van der Waals surface area contributed by atoms with E-state index in [4.69, 9.17) is 9.47 Å². The van der Waals surface area contributed by atoms with Gasteiger partial charge in [0.15, 0.2) is 5.41 Å². The summed E-state index contributed by atoms with van der Waals surface area (Å²) in [5.41, 5.74) is 2.84. The van der Waals surface area contributed by atoms with E-state index < -0.39 is 23.3 Å². The maximum absolute atomic E-state index is 13.5. The van der Waals surface area contributed by atoms with Gasteiger partial charge in [0, 0.05) is 5.92 Å². The van der Waals surface area contributed by atoms with Crippen LogP contribution in [0, 0.1) is 17.3 Å². The van der Waals surface area contributed by atoms with Crippen molar-refractivity contribution in [1.29, 1.82) is 0 Å². The molecule has 31 heavy (non-hydrogen) atoms. The van der Waals surface area contributed by atoms with E-state index in [0.717, 1.165) is 11.1 Å². The summed E-state index contributed by atoms with van der Waals surface area (Å²) < 4.78 is 11.3. The van der Waals surface area contributed by atoms with Crippen molar-refractivity contribution in [2.75, 3.05) is 0 Å². The number of carbonyl (C=O) groups excluding carboxylic acids is 2. The largest absolute Gasteiger partial charge is 0.460 e. The van der Waals surface area contributed by atoms with Crippen molar-refractivity contribution in [1.82, 2.24) is 0 Å². The predicted molar refractivity (Wildman–Crippen MR) is 122 cm³/mol. The van der Waals surface area contributed by atoms with Gasteiger partial charge in [0.1, 0.15) is 13.2 Å². The number of ether oxygens (including phenoxy) is 2. The van der Waals surface area contributed by atoms with Crippen molar-refractivity contribution < 1.29 is 19.1 Å². The monoisotopic (exact) mass is 418 g/mol. The zero-order chi connectivity index (χ0) is 22.7. The number of hydrogen-bond acceptors (Lipinski definition) is 4. The Morgan fingerprint density at radius 1 is 0.935 bits per heavy atom. The minimum atomic E-state index is -1.58. The minimum absolute atomic E-state index is 0.0626. The van der Waals surface area contributed by atoms with E-state index in [1.807, 2.05) is 74.5 Å². The molecule has 2 aromatic rings. The van der Waals surface area contributed by atoms with E-state index in [9.17, 15) is 9.59 Å². The van der Waals surface area contributed by atoms with Crippen LogP contribution in [0.2, 0.25) is 0 Å². The third-order valence-corrected chi connectivity index (χ3v) is 5.21. The summed E-state index contributed by atoms with van der Waals surface area (Å²) in [5.74, 6) is -1.86. The second-order valence-corrected chi connectivity index (χ2v) is 7.73. The fourth-order valence-electron chi connectivity index (χ4n) is 3.62. The Hall–Kier alpha value is -3.36. The normalized spacial score (nSPS) is 11.8. The van der Waals surface area contributed by atoms with E-state index >= 15 is 0 Å².